The Kier molecular flexibility index (Phi) is 5.50. The minimum atomic E-state index is -0.446. The van der Waals surface area contributed by atoms with E-state index < -0.39 is 17.5 Å². The molecule has 0 unspecified atom stereocenters. The van der Waals surface area contributed by atoms with E-state index in [1.165, 1.54) is 36.4 Å². The first-order valence-electron chi connectivity index (χ1n) is 9.50. The number of rotatable bonds is 5. The van der Waals surface area contributed by atoms with E-state index in [4.69, 9.17) is 4.74 Å². The van der Waals surface area contributed by atoms with Gasteiger partial charge in [0.05, 0.1) is 5.56 Å². The van der Waals surface area contributed by atoms with E-state index in [1.54, 1.807) is 6.07 Å². The number of hydrogen-bond donors (Lipinski definition) is 1. The zero-order valence-electron chi connectivity index (χ0n) is 15.7. The number of nitrogens with one attached hydrogen (secondary N) is 1. The van der Waals surface area contributed by atoms with Gasteiger partial charge in [-0.3, -0.25) is 4.79 Å². The number of carbonyl (C=O) groups is 1. The van der Waals surface area contributed by atoms with Crippen molar-refractivity contribution in [3.05, 3.63) is 59.9 Å². The molecule has 1 N–H and O–H groups in total. The third-order valence-corrected chi connectivity index (χ3v) is 4.77. The number of ether oxygens (including phenoxy) is 1. The Morgan fingerprint density at radius 2 is 2.00 bits per heavy atom. The fraction of sp³-hybridized carbons (Fsp3) is 0.286. The van der Waals surface area contributed by atoms with Crippen molar-refractivity contribution >= 4 is 11.6 Å². The molecule has 1 aliphatic heterocycles. The van der Waals surface area contributed by atoms with Crippen LogP contribution < -0.4 is 10.1 Å². The van der Waals surface area contributed by atoms with Crippen LogP contribution in [0.5, 0.6) is 5.75 Å². The van der Waals surface area contributed by atoms with E-state index >= 15 is 0 Å². The lowest BCUT2D eigenvalue weighted by molar-refractivity contribution is -0.118. The van der Waals surface area contributed by atoms with Crippen molar-refractivity contribution in [1.82, 2.24) is 14.8 Å². The van der Waals surface area contributed by atoms with Crippen LogP contribution in [0.1, 0.15) is 25.1 Å². The van der Waals surface area contributed by atoms with Crippen molar-refractivity contribution in [1.29, 1.82) is 0 Å². The lowest BCUT2D eigenvalue weighted by atomic mass is 10.1. The molecule has 2 heterocycles. The molecule has 3 aromatic rings. The largest absolute Gasteiger partial charge is 0.484 e. The molecule has 1 aromatic heterocycles. The maximum Gasteiger partial charge on any atom is 0.262 e. The average Bonchev–Trinajstić information content (AvgIpc) is 2.95. The number of carbonyl (C=O) groups excluding carboxylic acids is 1. The van der Waals surface area contributed by atoms with E-state index in [-0.39, 0.29) is 17.9 Å². The molecule has 0 radical (unpaired) electrons. The van der Waals surface area contributed by atoms with Crippen LogP contribution in [0.2, 0.25) is 0 Å². The first-order chi connectivity index (χ1) is 14.1. The van der Waals surface area contributed by atoms with Crippen LogP contribution in [0.3, 0.4) is 0 Å². The SMILES string of the molecule is O=C(COc1cccc(F)c1)Nc1ccc(F)c(-c2nnc3n2CCCCC3)c1. The van der Waals surface area contributed by atoms with Gasteiger partial charge in [-0.15, -0.1) is 10.2 Å². The molecule has 0 aliphatic carbocycles. The highest BCUT2D eigenvalue weighted by Crippen LogP contribution is 2.27. The van der Waals surface area contributed by atoms with Gasteiger partial charge < -0.3 is 14.6 Å². The highest BCUT2D eigenvalue weighted by atomic mass is 19.1. The Morgan fingerprint density at radius 1 is 1.10 bits per heavy atom. The molecular weight excluding hydrogens is 378 g/mol. The van der Waals surface area contributed by atoms with Crippen LogP contribution in [0.15, 0.2) is 42.5 Å². The molecule has 8 heteroatoms. The quantitative estimate of drug-likeness (QED) is 0.706. The normalized spacial score (nSPS) is 13.4. The van der Waals surface area contributed by atoms with Crippen LogP contribution in [0, 0.1) is 11.6 Å². The van der Waals surface area contributed by atoms with Gasteiger partial charge in [0.2, 0.25) is 0 Å². The van der Waals surface area contributed by atoms with Gasteiger partial charge in [-0.2, -0.15) is 0 Å². The standard InChI is InChI=1S/C21H20F2N4O2/c22-14-5-4-6-16(11-14)29-13-20(28)24-15-8-9-18(23)17(12-15)21-26-25-19-7-2-1-3-10-27(19)21/h4-6,8-9,11-12H,1-3,7,10,13H2,(H,24,28). The molecule has 0 saturated carbocycles. The Balaban J connectivity index is 1.49. The van der Waals surface area contributed by atoms with Gasteiger partial charge in [0.25, 0.3) is 5.91 Å². The van der Waals surface area contributed by atoms with Crippen molar-refractivity contribution in [3.8, 4) is 17.1 Å². The van der Waals surface area contributed by atoms with Crippen LogP contribution in [0.4, 0.5) is 14.5 Å². The van der Waals surface area contributed by atoms with E-state index in [1.807, 2.05) is 4.57 Å². The molecule has 4 rings (SSSR count). The van der Waals surface area contributed by atoms with Gasteiger partial charge >= 0.3 is 0 Å². The number of aromatic nitrogens is 3. The fourth-order valence-electron chi connectivity index (χ4n) is 3.36. The second kappa shape index (κ2) is 8.38. The highest BCUT2D eigenvalue weighted by Gasteiger charge is 2.19. The number of anilines is 1. The highest BCUT2D eigenvalue weighted by molar-refractivity contribution is 5.92. The molecule has 0 atom stereocenters. The third-order valence-electron chi connectivity index (χ3n) is 4.77. The Labute approximate surface area is 166 Å². The third kappa shape index (κ3) is 4.42. The average molecular weight is 398 g/mol. The molecule has 29 heavy (non-hydrogen) atoms. The van der Waals surface area contributed by atoms with E-state index in [2.05, 4.69) is 15.5 Å². The Bertz CT molecular complexity index is 1040. The molecule has 6 nitrogen and oxygen atoms in total. The van der Waals surface area contributed by atoms with Gasteiger partial charge in [-0.1, -0.05) is 12.5 Å². The van der Waals surface area contributed by atoms with Crippen molar-refractivity contribution in [2.45, 2.75) is 32.2 Å². The summed E-state index contributed by atoms with van der Waals surface area (Å²) in [6.45, 7) is 0.450. The van der Waals surface area contributed by atoms with Crippen molar-refractivity contribution in [2.24, 2.45) is 0 Å². The summed E-state index contributed by atoms with van der Waals surface area (Å²) in [5.74, 6) is 0.260. The minimum Gasteiger partial charge on any atom is -0.484 e. The topological polar surface area (TPSA) is 69.0 Å². The van der Waals surface area contributed by atoms with Gasteiger partial charge in [0.15, 0.2) is 12.4 Å². The van der Waals surface area contributed by atoms with Crippen LogP contribution in [-0.4, -0.2) is 27.3 Å². The van der Waals surface area contributed by atoms with E-state index in [9.17, 15) is 13.6 Å². The molecule has 1 aliphatic rings. The number of fused-ring (bicyclic) bond motifs is 1. The maximum atomic E-state index is 14.5. The van der Waals surface area contributed by atoms with Crippen molar-refractivity contribution in [3.63, 3.8) is 0 Å². The zero-order chi connectivity index (χ0) is 20.2. The summed E-state index contributed by atoms with van der Waals surface area (Å²) in [6.07, 6.45) is 3.96. The summed E-state index contributed by atoms with van der Waals surface area (Å²) in [4.78, 5) is 12.2. The van der Waals surface area contributed by atoms with Gasteiger partial charge in [-0.25, -0.2) is 8.78 Å². The number of hydrogen-bond acceptors (Lipinski definition) is 4. The second-order valence-corrected chi connectivity index (χ2v) is 6.89. The number of amides is 1. The second-order valence-electron chi connectivity index (χ2n) is 6.89. The predicted molar refractivity (Wildman–Crippen MR) is 103 cm³/mol. The van der Waals surface area contributed by atoms with Crippen molar-refractivity contribution in [2.75, 3.05) is 11.9 Å². The summed E-state index contributed by atoms with van der Waals surface area (Å²) in [7, 11) is 0. The first-order valence-corrected chi connectivity index (χ1v) is 9.50. The summed E-state index contributed by atoms with van der Waals surface area (Å²) in [5, 5.41) is 11.0. The van der Waals surface area contributed by atoms with Crippen molar-refractivity contribution < 1.29 is 18.3 Å². The summed E-state index contributed by atoms with van der Waals surface area (Å²) >= 11 is 0. The summed E-state index contributed by atoms with van der Waals surface area (Å²) < 4.78 is 34.9. The molecule has 0 bridgehead atoms. The molecule has 0 saturated heterocycles. The molecule has 0 spiro atoms. The number of aryl methyl sites for hydroxylation is 1. The van der Waals surface area contributed by atoms with E-state index in [0.29, 0.717) is 11.5 Å². The number of benzene rings is 2. The molecular formula is C21H20F2N4O2. The van der Waals surface area contributed by atoms with Crippen LogP contribution >= 0.6 is 0 Å². The lowest BCUT2D eigenvalue weighted by Gasteiger charge is -2.11. The predicted octanol–water partition coefficient (Wildman–Crippen LogP) is 3.97. The van der Waals surface area contributed by atoms with Gasteiger partial charge in [0, 0.05) is 24.7 Å². The van der Waals surface area contributed by atoms with Crippen LogP contribution in [-0.2, 0) is 17.8 Å². The first kappa shape index (κ1) is 19.0. The molecule has 1 amide bonds. The monoisotopic (exact) mass is 398 g/mol. The Hall–Kier alpha value is -3.29. The number of nitrogens with zero attached hydrogens (tertiary/aromatic N) is 3. The zero-order valence-corrected chi connectivity index (χ0v) is 15.7. The maximum absolute atomic E-state index is 14.5. The smallest absolute Gasteiger partial charge is 0.262 e. The Morgan fingerprint density at radius 3 is 2.86 bits per heavy atom. The molecule has 2 aromatic carbocycles. The molecule has 0 fully saturated rings. The van der Waals surface area contributed by atoms with Crippen LogP contribution in [0.25, 0.3) is 11.4 Å². The van der Waals surface area contributed by atoms with Gasteiger partial charge in [-0.05, 0) is 43.2 Å². The van der Waals surface area contributed by atoms with E-state index in [0.717, 1.165) is 38.1 Å². The lowest BCUT2D eigenvalue weighted by Crippen LogP contribution is -2.20. The summed E-state index contributed by atoms with van der Waals surface area (Å²) in [6, 6.07) is 9.84. The number of halogens is 2. The molecule has 150 valence electrons. The minimum absolute atomic E-state index is 0.256. The summed E-state index contributed by atoms with van der Waals surface area (Å²) in [5.41, 5.74) is 0.703. The fourth-order valence-corrected chi connectivity index (χ4v) is 3.36. The van der Waals surface area contributed by atoms with Gasteiger partial charge in [0.1, 0.15) is 23.2 Å².